The van der Waals surface area contributed by atoms with E-state index in [2.05, 4.69) is 5.32 Å². The molecule has 0 spiro atoms. The lowest BCUT2D eigenvalue weighted by Gasteiger charge is -2.22. The van der Waals surface area contributed by atoms with Crippen molar-refractivity contribution >= 4 is 17.5 Å². The minimum Gasteiger partial charge on any atom is -0.322 e. The van der Waals surface area contributed by atoms with Crippen LogP contribution >= 0.6 is 0 Å². The van der Waals surface area contributed by atoms with Gasteiger partial charge in [-0.1, -0.05) is 60.7 Å². The Balaban J connectivity index is 1.95. The Bertz CT molecular complexity index is 813. The highest BCUT2D eigenvalue weighted by atomic mass is 16.1. The molecule has 0 radical (unpaired) electrons. The molecule has 0 saturated carbocycles. The van der Waals surface area contributed by atoms with Crippen molar-refractivity contribution in [1.29, 1.82) is 0 Å². The smallest absolute Gasteiger partial charge is 0.252 e. The van der Waals surface area contributed by atoms with Gasteiger partial charge in [-0.2, -0.15) is 0 Å². The molecular formula is C20H15NO2. The quantitative estimate of drug-likeness (QED) is 0.879. The van der Waals surface area contributed by atoms with Gasteiger partial charge in [-0.25, -0.2) is 4.79 Å². The van der Waals surface area contributed by atoms with Crippen molar-refractivity contribution in [3.63, 3.8) is 0 Å². The molecule has 3 heteroatoms. The summed E-state index contributed by atoms with van der Waals surface area (Å²) in [7, 11) is 0. The number of carbonyl (C=O) groups excluding carboxylic acids is 2. The monoisotopic (exact) mass is 301 g/mol. The van der Waals surface area contributed by atoms with E-state index >= 15 is 0 Å². The molecule has 0 bridgehead atoms. The standard InChI is InChI=1S/C20H15NO2/c22-14-16-10-7-13-18(19(16)15-8-3-1-4-9-15)20(23)21-17-11-5-2-6-12-17/h1-13,19H,(H,21,23). The van der Waals surface area contributed by atoms with E-state index in [0.29, 0.717) is 11.1 Å². The van der Waals surface area contributed by atoms with Gasteiger partial charge < -0.3 is 5.32 Å². The zero-order valence-electron chi connectivity index (χ0n) is 12.4. The van der Waals surface area contributed by atoms with Crippen LogP contribution in [0.15, 0.2) is 90.0 Å². The zero-order valence-corrected chi connectivity index (χ0v) is 12.4. The fourth-order valence-corrected chi connectivity index (χ4v) is 2.64. The maximum atomic E-state index is 12.7. The van der Waals surface area contributed by atoms with Gasteiger partial charge in [0.25, 0.3) is 5.91 Å². The van der Waals surface area contributed by atoms with Crippen LogP contribution in [0.1, 0.15) is 11.5 Å². The summed E-state index contributed by atoms with van der Waals surface area (Å²) in [4.78, 5) is 24.0. The highest BCUT2D eigenvalue weighted by Gasteiger charge is 2.27. The molecule has 1 aliphatic carbocycles. The highest BCUT2D eigenvalue weighted by molar-refractivity contribution is 6.06. The third kappa shape index (κ3) is 3.20. The van der Waals surface area contributed by atoms with Crippen molar-refractivity contribution < 1.29 is 9.59 Å². The predicted molar refractivity (Wildman–Crippen MR) is 90.7 cm³/mol. The number of para-hydroxylation sites is 1. The first kappa shape index (κ1) is 14.8. The number of nitrogens with one attached hydrogen (secondary N) is 1. The van der Waals surface area contributed by atoms with Crippen LogP contribution in [0.5, 0.6) is 0 Å². The number of hydrogen-bond donors (Lipinski definition) is 1. The van der Waals surface area contributed by atoms with Crippen LogP contribution < -0.4 is 5.32 Å². The number of rotatable bonds is 3. The molecule has 1 amide bonds. The molecular weight excluding hydrogens is 286 g/mol. The molecule has 0 heterocycles. The van der Waals surface area contributed by atoms with Gasteiger partial charge in [0.05, 0.1) is 0 Å². The van der Waals surface area contributed by atoms with Gasteiger partial charge in [-0.15, -0.1) is 0 Å². The van der Waals surface area contributed by atoms with Crippen LogP contribution in [-0.4, -0.2) is 11.8 Å². The summed E-state index contributed by atoms with van der Waals surface area (Å²) in [6, 6.07) is 18.8. The van der Waals surface area contributed by atoms with Crippen molar-refractivity contribution in [2.45, 2.75) is 5.92 Å². The van der Waals surface area contributed by atoms with E-state index in [0.717, 1.165) is 11.3 Å². The molecule has 0 fully saturated rings. The maximum Gasteiger partial charge on any atom is 0.252 e. The topological polar surface area (TPSA) is 46.2 Å². The lowest BCUT2D eigenvalue weighted by Crippen LogP contribution is -2.22. The summed E-state index contributed by atoms with van der Waals surface area (Å²) in [5.74, 6) is 1.34. The molecule has 0 aliphatic heterocycles. The van der Waals surface area contributed by atoms with E-state index in [9.17, 15) is 9.59 Å². The Kier molecular flexibility index (Phi) is 4.32. The highest BCUT2D eigenvalue weighted by Crippen LogP contribution is 2.34. The molecule has 2 aromatic rings. The van der Waals surface area contributed by atoms with Gasteiger partial charge in [0.2, 0.25) is 0 Å². The average Bonchev–Trinajstić information content (AvgIpc) is 2.62. The van der Waals surface area contributed by atoms with Crippen LogP contribution in [0.4, 0.5) is 5.69 Å². The summed E-state index contributed by atoms with van der Waals surface area (Å²) >= 11 is 0. The average molecular weight is 301 g/mol. The van der Waals surface area contributed by atoms with Crippen molar-refractivity contribution in [1.82, 2.24) is 0 Å². The van der Waals surface area contributed by atoms with Crippen LogP contribution in [0.2, 0.25) is 0 Å². The Morgan fingerprint density at radius 2 is 1.61 bits per heavy atom. The van der Waals surface area contributed by atoms with Gasteiger partial charge in [-0.3, -0.25) is 4.79 Å². The molecule has 1 N–H and O–H groups in total. The maximum absolute atomic E-state index is 12.7. The van der Waals surface area contributed by atoms with E-state index in [1.54, 1.807) is 18.2 Å². The molecule has 23 heavy (non-hydrogen) atoms. The minimum atomic E-state index is -0.401. The number of amides is 1. The lowest BCUT2D eigenvalue weighted by molar-refractivity contribution is -0.113. The second-order valence-electron chi connectivity index (χ2n) is 5.20. The number of benzene rings is 2. The van der Waals surface area contributed by atoms with Gasteiger partial charge in [0.15, 0.2) is 0 Å². The van der Waals surface area contributed by atoms with Crippen LogP contribution in [0.3, 0.4) is 0 Å². The number of carbonyl (C=O) groups is 1. The van der Waals surface area contributed by atoms with Crippen LogP contribution in [-0.2, 0) is 9.59 Å². The normalized spacial score (nSPS) is 16.4. The molecule has 1 atom stereocenters. The second-order valence-corrected chi connectivity index (χ2v) is 5.20. The Morgan fingerprint density at radius 1 is 0.957 bits per heavy atom. The van der Waals surface area contributed by atoms with Crippen LogP contribution in [0, 0.1) is 0 Å². The number of allylic oxidation sites excluding steroid dienone is 4. The first-order chi connectivity index (χ1) is 11.3. The van der Waals surface area contributed by atoms with Gasteiger partial charge in [-0.05, 0) is 23.8 Å². The molecule has 2 aromatic carbocycles. The largest absolute Gasteiger partial charge is 0.322 e. The van der Waals surface area contributed by atoms with Crippen LogP contribution in [0.25, 0.3) is 0 Å². The van der Waals surface area contributed by atoms with Crippen molar-refractivity contribution in [3.05, 3.63) is 95.6 Å². The summed E-state index contributed by atoms with van der Waals surface area (Å²) in [6.45, 7) is 0. The molecule has 3 rings (SSSR count). The zero-order chi connectivity index (χ0) is 16.1. The Morgan fingerprint density at radius 3 is 2.26 bits per heavy atom. The van der Waals surface area contributed by atoms with E-state index in [1.165, 1.54) is 0 Å². The second kappa shape index (κ2) is 6.73. The van der Waals surface area contributed by atoms with E-state index in [4.69, 9.17) is 0 Å². The van der Waals surface area contributed by atoms with Gasteiger partial charge >= 0.3 is 0 Å². The lowest BCUT2D eigenvalue weighted by atomic mass is 9.81. The van der Waals surface area contributed by atoms with Crippen molar-refractivity contribution in [2.75, 3.05) is 5.32 Å². The van der Waals surface area contributed by atoms with E-state index < -0.39 is 5.92 Å². The number of hydrogen-bond acceptors (Lipinski definition) is 2. The first-order valence-corrected chi connectivity index (χ1v) is 7.34. The molecule has 1 aliphatic rings. The van der Waals surface area contributed by atoms with Gasteiger partial charge in [0.1, 0.15) is 5.94 Å². The first-order valence-electron chi connectivity index (χ1n) is 7.34. The molecule has 0 aromatic heterocycles. The minimum absolute atomic E-state index is 0.220. The Hall–Kier alpha value is -3.16. The summed E-state index contributed by atoms with van der Waals surface area (Å²) < 4.78 is 0. The molecule has 112 valence electrons. The third-order valence-electron chi connectivity index (χ3n) is 3.72. The summed E-state index contributed by atoms with van der Waals surface area (Å²) in [5.41, 5.74) is 2.60. The summed E-state index contributed by atoms with van der Waals surface area (Å²) in [6.07, 6.45) is 5.15. The van der Waals surface area contributed by atoms with E-state index in [-0.39, 0.29) is 5.91 Å². The SMILES string of the molecule is O=C=C1C=CC=C(C(=O)Nc2ccccc2)C1c1ccccc1. The molecule has 1 unspecified atom stereocenters. The van der Waals surface area contributed by atoms with Crippen molar-refractivity contribution in [3.8, 4) is 0 Å². The third-order valence-corrected chi connectivity index (χ3v) is 3.72. The predicted octanol–water partition coefficient (Wildman–Crippen LogP) is 3.66. The van der Waals surface area contributed by atoms with Crippen molar-refractivity contribution in [2.24, 2.45) is 0 Å². The molecule has 0 saturated heterocycles. The van der Waals surface area contributed by atoms with E-state index in [1.807, 2.05) is 66.6 Å². The fourth-order valence-electron chi connectivity index (χ4n) is 2.64. The van der Waals surface area contributed by atoms with Gasteiger partial charge in [0, 0.05) is 22.8 Å². The Labute approximate surface area is 134 Å². The number of anilines is 1. The summed E-state index contributed by atoms with van der Waals surface area (Å²) in [5, 5.41) is 2.87. The fraction of sp³-hybridized carbons (Fsp3) is 0.0500. The molecule has 3 nitrogen and oxygen atoms in total.